The van der Waals surface area contributed by atoms with Crippen molar-refractivity contribution in [1.82, 2.24) is 10.6 Å². The summed E-state index contributed by atoms with van der Waals surface area (Å²) < 4.78 is 10.8. The monoisotopic (exact) mass is 468 g/mol. The molecule has 8 nitrogen and oxygen atoms in total. The van der Waals surface area contributed by atoms with E-state index in [4.69, 9.17) is 20.9 Å². The molecule has 1 aromatic carbocycles. The third-order valence-electron chi connectivity index (χ3n) is 4.34. The van der Waals surface area contributed by atoms with Gasteiger partial charge < -0.3 is 26.3 Å². The van der Waals surface area contributed by atoms with Gasteiger partial charge in [0.25, 0.3) is 5.91 Å². The molecule has 0 bridgehead atoms. The van der Waals surface area contributed by atoms with E-state index in [0.717, 1.165) is 5.56 Å². The number of nitrogens with one attached hydrogen (secondary N) is 2. The standard InChI is InChI=1S/C26H36N4O4/c1-17(13-18(2)30-25(32)34-26(5,6)7)23(19(3)28)16-29-24(31)20(4)33-22(15-27)14-21-11-9-8-10-12-21/h8-13,15H,2,4,14,16,27-28H2,1,3,5-7H3,(H,29,31)(H,30,32)/b17-13-,22-15-,23-19-. The maximum absolute atomic E-state index is 12.5. The van der Waals surface area contributed by atoms with Crippen molar-refractivity contribution in [2.45, 2.75) is 46.6 Å². The Hall–Kier alpha value is -3.94. The first-order valence-corrected chi connectivity index (χ1v) is 10.7. The lowest BCUT2D eigenvalue weighted by atomic mass is 10.0. The van der Waals surface area contributed by atoms with Crippen LogP contribution in [0.15, 0.2) is 89.8 Å². The van der Waals surface area contributed by atoms with Gasteiger partial charge in [-0.05, 0) is 57.4 Å². The SMILES string of the molecule is C=C(/C=C(C)\C(CNC(=O)C(=C)O/C(=C\N)Cc1ccccc1)=C(\C)N)NC(=O)OC(C)(C)C. The van der Waals surface area contributed by atoms with Gasteiger partial charge in [-0.25, -0.2) is 4.79 Å². The molecule has 0 atom stereocenters. The second-order valence-electron chi connectivity index (χ2n) is 8.64. The summed E-state index contributed by atoms with van der Waals surface area (Å²) in [5.74, 6) is -0.207. The van der Waals surface area contributed by atoms with Crippen LogP contribution in [0.5, 0.6) is 0 Å². The van der Waals surface area contributed by atoms with E-state index in [-0.39, 0.29) is 12.3 Å². The van der Waals surface area contributed by atoms with E-state index in [0.29, 0.717) is 34.7 Å². The molecule has 0 spiro atoms. The molecule has 1 rings (SSSR count). The highest BCUT2D eigenvalue weighted by Crippen LogP contribution is 2.15. The molecule has 0 unspecified atom stereocenters. The summed E-state index contributed by atoms with van der Waals surface area (Å²) in [5, 5.41) is 5.29. The number of nitrogens with two attached hydrogens (primary N) is 2. The lowest BCUT2D eigenvalue weighted by Gasteiger charge is -2.20. The molecule has 1 aromatic rings. The number of rotatable bonds is 10. The van der Waals surface area contributed by atoms with Crippen molar-refractivity contribution in [3.63, 3.8) is 0 Å². The molecule has 0 saturated heterocycles. The van der Waals surface area contributed by atoms with E-state index in [1.165, 1.54) is 6.20 Å². The van der Waals surface area contributed by atoms with Crippen molar-refractivity contribution in [3.05, 3.63) is 95.4 Å². The minimum atomic E-state index is -0.628. The van der Waals surface area contributed by atoms with Crippen molar-refractivity contribution >= 4 is 12.0 Å². The normalized spacial score (nSPS) is 12.9. The van der Waals surface area contributed by atoms with Crippen molar-refractivity contribution in [2.24, 2.45) is 11.5 Å². The van der Waals surface area contributed by atoms with Gasteiger partial charge in [0.15, 0.2) is 5.76 Å². The summed E-state index contributed by atoms with van der Waals surface area (Å²) in [6, 6.07) is 9.57. The Labute approximate surface area is 202 Å². The largest absolute Gasteiger partial charge is 0.455 e. The minimum Gasteiger partial charge on any atom is -0.455 e. The van der Waals surface area contributed by atoms with Gasteiger partial charge in [-0.3, -0.25) is 10.1 Å². The van der Waals surface area contributed by atoms with Gasteiger partial charge in [0.1, 0.15) is 11.4 Å². The molecule has 0 saturated carbocycles. The molecule has 184 valence electrons. The first kappa shape index (κ1) is 28.1. The number of amides is 2. The maximum Gasteiger partial charge on any atom is 0.412 e. The molecule has 0 aromatic heterocycles. The molecule has 0 aliphatic carbocycles. The van der Waals surface area contributed by atoms with E-state index in [1.54, 1.807) is 40.7 Å². The summed E-state index contributed by atoms with van der Waals surface area (Å²) in [6.45, 7) is 16.4. The molecule has 2 amide bonds. The van der Waals surface area contributed by atoms with Crippen LogP contribution in [0.4, 0.5) is 4.79 Å². The van der Waals surface area contributed by atoms with Gasteiger partial charge in [-0.1, -0.05) is 43.5 Å². The van der Waals surface area contributed by atoms with E-state index in [9.17, 15) is 9.59 Å². The van der Waals surface area contributed by atoms with Crippen LogP contribution in [0, 0.1) is 0 Å². The predicted molar refractivity (Wildman–Crippen MR) is 135 cm³/mol. The van der Waals surface area contributed by atoms with Crippen LogP contribution in [0.25, 0.3) is 0 Å². The fourth-order valence-corrected chi connectivity index (χ4v) is 2.81. The highest BCUT2D eigenvalue weighted by Gasteiger charge is 2.17. The van der Waals surface area contributed by atoms with Crippen LogP contribution in [0.1, 0.15) is 40.2 Å². The third-order valence-corrected chi connectivity index (χ3v) is 4.34. The third kappa shape index (κ3) is 10.6. The molecule has 0 fully saturated rings. The number of carbonyl (C=O) groups is 2. The molecule has 8 heteroatoms. The zero-order valence-electron chi connectivity index (χ0n) is 20.7. The molecule has 0 heterocycles. The Morgan fingerprint density at radius 2 is 1.74 bits per heavy atom. The van der Waals surface area contributed by atoms with Gasteiger partial charge in [-0.2, -0.15) is 0 Å². The zero-order valence-corrected chi connectivity index (χ0v) is 20.7. The van der Waals surface area contributed by atoms with E-state index in [1.807, 2.05) is 30.3 Å². The number of hydrogen-bond acceptors (Lipinski definition) is 6. The maximum atomic E-state index is 12.5. The van der Waals surface area contributed by atoms with Crippen molar-refractivity contribution in [3.8, 4) is 0 Å². The first-order valence-electron chi connectivity index (χ1n) is 10.7. The van der Waals surface area contributed by atoms with Gasteiger partial charge in [0.05, 0.1) is 0 Å². The van der Waals surface area contributed by atoms with Crippen molar-refractivity contribution < 1.29 is 19.1 Å². The van der Waals surface area contributed by atoms with Crippen LogP contribution < -0.4 is 22.1 Å². The topological polar surface area (TPSA) is 129 Å². The van der Waals surface area contributed by atoms with Crippen molar-refractivity contribution in [2.75, 3.05) is 6.54 Å². The quantitative estimate of drug-likeness (QED) is 0.234. The van der Waals surface area contributed by atoms with Crippen LogP contribution in [-0.4, -0.2) is 24.1 Å². The molecule has 34 heavy (non-hydrogen) atoms. The Kier molecular flexibility index (Phi) is 10.7. The van der Waals surface area contributed by atoms with Gasteiger partial charge >= 0.3 is 6.09 Å². The van der Waals surface area contributed by atoms with Gasteiger partial charge in [-0.15, -0.1) is 0 Å². The van der Waals surface area contributed by atoms with E-state index >= 15 is 0 Å². The lowest BCUT2D eigenvalue weighted by Crippen LogP contribution is -2.31. The highest BCUT2D eigenvalue weighted by atomic mass is 16.6. The Balaban J connectivity index is 2.72. The highest BCUT2D eigenvalue weighted by molar-refractivity contribution is 5.91. The Bertz CT molecular complexity index is 995. The van der Waals surface area contributed by atoms with Crippen LogP contribution in [-0.2, 0) is 20.7 Å². The molecular formula is C26H36N4O4. The fraction of sp³-hybridized carbons (Fsp3) is 0.308. The first-order chi connectivity index (χ1) is 15.8. The second-order valence-corrected chi connectivity index (χ2v) is 8.64. The molecule has 0 radical (unpaired) electrons. The summed E-state index contributed by atoms with van der Waals surface area (Å²) in [6.07, 6.45) is 2.75. The fourth-order valence-electron chi connectivity index (χ4n) is 2.81. The summed E-state index contributed by atoms with van der Waals surface area (Å²) >= 11 is 0. The average Bonchev–Trinajstić information content (AvgIpc) is 2.71. The Morgan fingerprint density at radius 1 is 1.12 bits per heavy atom. The smallest absolute Gasteiger partial charge is 0.412 e. The molecule has 0 aliphatic rings. The number of carbonyl (C=O) groups excluding carboxylic acids is 2. The van der Waals surface area contributed by atoms with Crippen LogP contribution in [0.2, 0.25) is 0 Å². The van der Waals surface area contributed by atoms with E-state index < -0.39 is 17.6 Å². The van der Waals surface area contributed by atoms with E-state index in [2.05, 4.69) is 23.8 Å². The summed E-state index contributed by atoms with van der Waals surface area (Å²) in [7, 11) is 0. The Morgan fingerprint density at radius 3 is 2.26 bits per heavy atom. The predicted octanol–water partition coefficient (Wildman–Crippen LogP) is 3.89. The van der Waals surface area contributed by atoms with Crippen LogP contribution >= 0.6 is 0 Å². The lowest BCUT2D eigenvalue weighted by molar-refractivity contribution is -0.120. The number of benzene rings is 1. The molecular weight excluding hydrogens is 432 g/mol. The van der Waals surface area contributed by atoms with Gasteiger partial charge in [0, 0.05) is 30.6 Å². The second kappa shape index (κ2) is 12.9. The van der Waals surface area contributed by atoms with Gasteiger partial charge in [0.2, 0.25) is 0 Å². The molecule has 0 aliphatic heterocycles. The zero-order chi connectivity index (χ0) is 25.9. The summed E-state index contributed by atoms with van der Waals surface area (Å²) in [4.78, 5) is 24.4. The number of ether oxygens (including phenoxy) is 2. The number of allylic oxidation sites excluding steroid dienone is 3. The average molecular weight is 469 g/mol. The van der Waals surface area contributed by atoms with Crippen molar-refractivity contribution in [1.29, 1.82) is 0 Å². The summed E-state index contributed by atoms with van der Waals surface area (Å²) in [5.41, 5.74) is 14.2. The van der Waals surface area contributed by atoms with Crippen LogP contribution in [0.3, 0.4) is 0 Å². The number of hydrogen-bond donors (Lipinski definition) is 4. The molecule has 6 N–H and O–H groups in total. The minimum absolute atomic E-state index is 0.0979. The number of alkyl carbamates (subject to hydrolysis) is 1.